The van der Waals surface area contributed by atoms with Crippen molar-refractivity contribution < 1.29 is 27.3 Å². The molecule has 1 radical (unpaired) electrons. The summed E-state index contributed by atoms with van der Waals surface area (Å²) in [5, 5.41) is 21.3. The van der Waals surface area contributed by atoms with Crippen LogP contribution in [0.15, 0.2) is 0 Å². The van der Waals surface area contributed by atoms with E-state index in [2.05, 4.69) is 49.3 Å². The predicted octanol–water partition coefficient (Wildman–Crippen LogP) is 0.168. The zero-order valence-electron chi connectivity index (χ0n) is 10.1. The van der Waals surface area contributed by atoms with Crippen LogP contribution in [-0.4, -0.2) is 16.4 Å². The second-order valence-corrected chi connectivity index (χ2v) is 4.12. The molecular formula is C10H20CuN2O2S2. The molecule has 0 aliphatic heterocycles. The van der Waals surface area contributed by atoms with E-state index < -0.39 is 5.17 Å². The van der Waals surface area contributed by atoms with Gasteiger partial charge in [-0.3, -0.25) is 0 Å². The molecule has 0 aliphatic carbocycles. The summed E-state index contributed by atoms with van der Waals surface area (Å²) < 4.78 is 0. The van der Waals surface area contributed by atoms with E-state index in [9.17, 15) is 5.11 Å². The van der Waals surface area contributed by atoms with Crippen molar-refractivity contribution in [3.8, 4) is 0 Å². The van der Waals surface area contributed by atoms with Crippen molar-refractivity contribution in [2.24, 2.45) is 5.73 Å². The third-order valence-electron chi connectivity index (χ3n) is 1.97. The number of nitrogens with two attached hydrogens (primary N) is 1. The van der Waals surface area contributed by atoms with Gasteiger partial charge in [-0.05, 0) is 12.8 Å². The zero-order valence-corrected chi connectivity index (χ0v) is 12.7. The van der Waals surface area contributed by atoms with Crippen LogP contribution in [0.25, 0.3) is 0 Å². The first-order valence-corrected chi connectivity index (χ1v) is 6.19. The summed E-state index contributed by atoms with van der Waals surface area (Å²) in [4.78, 5) is 0. The second kappa shape index (κ2) is 15.9. The molecule has 0 saturated carbocycles. The van der Waals surface area contributed by atoms with Crippen LogP contribution in [0.2, 0.25) is 0 Å². The normalized spacial score (nSPS) is 10.2. The summed E-state index contributed by atoms with van der Waals surface area (Å²) in [5.41, 5.74) is 4.29. The molecule has 0 rings (SSSR count). The standard InChI is InChI=1S/C9H19NOS.CH3NOS.Cu/c1-3-5-6-7-8(4-2)10-9(11)12;2-1(3)4;/h8H,3-7H2,1-2H3,(H2,10,11,12);(H3,2,3,4);/q;;+2/p-2. The van der Waals surface area contributed by atoms with Gasteiger partial charge in [-0.2, -0.15) is 0 Å². The van der Waals surface area contributed by atoms with Crippen molar-refractivity contribution in [2.45, 2.75) is 52.0 Å². The quantitative estimate of drug-likeness (QED) is 0.411. The van der Waals surface area contributed by atoms with Crippen LogP contribution in [-0.2, 0) is 17.1 Å². The summed E-state index contributed by atoms with van der Waals surface area (Å²) in [5.74, 6) is 0. The van der Waals surface area contributed by atoms with Crippen LogP contribution in [0, 0.1) is 0 Å². The number of unbranched alkanes of at least 4 members (excludes halogenated alkanes) is 2. The fraction of sp³-hybridized carbons (Fsp3) is 0.800. The van der Waals surface area contributed by atoms with E-state index in [1.54, 1.807) is 0 Å². The smallest absolute Gasteiger partial charge is 0.852 e. The molecule has 3 N–H and O–H groups in total. The monoisotopic (exact) mass is 327 g/mol. The number of thiocarbonyl (C=S) groups is 2. The van der Waals surface area contributed by atoms with Crippen LogP contribution >= 0.6 is 24.4 Å². The Morgan fingerprint density at radius 3 is 2.00 bits per heavy atom. The molecule has 1 atom stereocenters. The fourth-order valence-corrected chi connectivity index (χ4v) is 1.35. The SMILES string of the molecule is CCCCCC(CC)NC([O-])=S.NC([O-])=S.[Cu+2]. The fourth-order valence-electron chi connectivity index (χ4n) is 1.19. The molecule has 0 aliphatic rings. The molecule has 4 nitrogen and oxygen atoms in total. The minimum absolute atomic E-state index is 0. The maximum absolute atomic E-state index is 10.5. The van der Waals surface area contributed by atoms with Crippen LogP contribution in [0.5, 0.6) is 0 Å². The first-order valence-electron chi connectivity index (χ1n) is 5.37. The van der Waals surface area contributed by atoms with Gasteiger partial charge in [0.25, 0.3) is 0 Å². The average Bonchev–Trinajstić information content (AvgIpc) is 2.15. The third kappa shape index (κ3) is 25.9. The summed E-state index contributed by atoms with van der Waals surface area (Å²) in [6.45, 7) is 4.24. The molecule has 0 aromatic carbocycles. The van der Waals surface area contributed by atoms with E-state index in [-0.39, 0.29) is 22.2 Å². The first kappa shape index (κ1) is 22.1. The average molecular weight is 328 g/mol. The molecule has 0 heterocycles. The summed E-state index contributed by atoms with van der Waals surface area (Å²) in [6.07, 6.45) is 5.69. The topological polar surface area (TPSA) is 84.2 Å². The molecule has 0 spiro atoms. The third-order valence-corrected chi connectivity index (χ3v) is 2.09. The Hall–Kier alpha value is -0.101. The molecule has 0 aromatic heterocycles. The van der Waals surface area contributed by atoms with Gasteiger partial charge >= 0.3 is 17.1 Å². The molecule has 17 heavy (non-hydrogen) atoms. The maximum atomic E-state index is 10.5. The van der Waals surface area contributed by atoms with E-state index >= 15 is 0 Å². The molecule has 7 heteroatoms. The largest absolute Gasteiger partial charge is 2.00 e. The minimum atomic E-state index is -0.750. The van der Waals surface area contributed by atoms with E-state index in [0.29, 0.717) is 6.04 Å². The van der Waals surface area contributed by atoms with Crippen LogP contribution in [0.4, 0.5) is 0 Å². The van der Waals surface area contributed by atoms with Crippen LogP contribution in [0.3, 0.4) is 0 Å². The molecule has 0 fully saturated rings. The Bertz CT molecular complexity index is 203. The van der Waals surface area contributed by atoms with Crippen molar-refractivity contribution in [3.63, 3.8) is 0 Å². The van der Waals surface area contributed by atoms with Gasteiger partial charge in [0, 0.05) is 16.4 Å². The van der Waals surface area contributed by atoms with Gasteiger partial charge in [-0.25, -0.2) is 0 Å². The van der Waals surface area contributed by atoms with Crippen molar-refractivity contribution in [1.82, 2.24) is 5.32 Å². The second-order valence-electron chi connectivity index (χ2n) is 3.35. The predicted molar refractivity (Wildman–Crippen MR) is 70.7 cm³/mol. The van der Waals surface area contributed by atoms with Gasteiger partial charge in [0.1, 0.15) is 0 Å². The zero-order chi connectivity index (χ0) is 13.0. The molecule has 1 unspecified atom stereocenters. The molecule has 105 valence electrons. The van der Waals surface area contributed by atoms with Gasteiger partial charge in [0.2, 0.25) is 0 Å². The van der Waals surface area contributed by atoms with Crippen molar-refractivity contribution in [2.75, 3.05) is 0 Å². The van der Waals surface area contributed by atoms with Crippen LogP contribution in [0.1, 0.15) is 46.0 Å². The van der Waals surface area contributed by atoms with Gasteiger partial charge in [0.15, 0.2) is 0 Å². The Balaban J connectivity index is -0.000000340. The van der Waals surface area contributed by atoms with Crippen molar-refractivity contribution in [1.29, 1.82) is 0 Å². The number of hydrogen-bond donors (Lipinski definition) is 2. The van der Waals surface area contributed by atoms with E-state index in [1.807, 2.05) is 0 Å². The number of rotatable bonds is 6. The van der Waals surface area contributed by atoms with Crippen LogP contribution < -0.4 is 21.3 Å². The molecule has 0 saturated heterocycles. The van der Waals surface area contributed by atoms with E-state index in [0.717, 1.165) is 12.8 Å². The summed E-state index contributed by atoms with van der Waals surface area (Å²) in [6, 6.07) is 0.293. The Morgan fingerprint density at radius 2 is 1.71 bits per heavy atom. The molecule has 0 bridgehead atoms. The molecule has 0 aromatic rings. The van der Waals surface area contributed by atoms with Gasteiger partial charge in [0.05, 0.1) is 0 Å². The Labute approximate surface area is 125 Å². The number of nitrogens with one attached hydrogen (secondary N) is 1. The first-order chi connectivity index (χ1) is 7.43. The Morgan fingerprint density at radius 1 is 1.24 bits per heavy atom. The minimum Gasteiger partial charge on any atom is -0.852 e. The van der Waals surface area contributed by atoms with E-state index in [4.69, 9.17) is 5.11 Å². The van der Waals surface area contributed by atoms with Crippen molar-refractivity contribution >= 4 is 34.8 Å². The van der Waals surface area contributed by atoms with E-state index in [1.165, 1.54) is 19.3 Å². The molecule has 0 amide bonds. The Kier molecular flexibility index (Phi) is 20.7. The van der Waals surface area contributed by atoms with Gasteiger partial charge < -0.3 is 21.3 Å². The van der Waals surface area contributed by atoms with Gasteiger partial charge in [-0.1, -0.05) is 57.5 Å². The maximum Gasteiger partial charge on any atom is 2.00 e. The number of hydrogen-bond acceptors (Lipinski definition) is 4. The summed E-state index contributed by atoms with van der Waals surface area (Å²) >= 11 is 8.21. The van der Waals surface area contributed by atoms with Crippen molar-refractivity contribution in [3.05, 3.63) is 0 Å². The van der Waals surface area contributed by atoms with Gasteiger partial charge in [-0.15, -0.1) is 0 Å². The summed E-state index contributed by atoms with van der Waals surface area (Å²) in [7, 11) is 0. The molecular weight excluding hydrogens is 308 g/mol.